The molecule has 0 saturated heterocycles. The lowest BCUT2D eigenvalue weighted by Gasteiger charge is -2.10. The van der Waals surface area contributed by atoms with Gasteiger partial charge in [0.1, 0.15) is 12.4 Å². The van der Waals surface area contributed by atoms with Gasteiger partial charge in [-0.2, -0.15) is 0 Å². The van der Waals surface area contributed by atoms with Crippen LogP contribution in [0.1, 0.15) is 11.1 Å². The third kappa shape index (κ3) is 6.25. The predicted octanol–water partition coefficient (Wildman–Crippen LogP) is 2.96. The fraction of sp³-hybridized carbons (Fsp3) is 0.136. The topological polar surface area (TPSA) is 80.3 Å². The Morgan fingerprint density at radius 2 is 1.71 bits per heavy atom. The van der Waals surface area contributed by atoms with E-state index in [4.69, 9.17) is 4.74 Å². The van der Waals surface area contributed by atoms with E-state index >= 15 is 0 Å². The van der Waals surface area contributed by atoms with Gasteiger partial charge in [0.15, 0.2) is 0 Å². The highest BCUT2D eigenvalue weighted by Crippen LogP contribution is 2.18. The summed E-state index contributed by atoms with van der Waals surface area (Å²) in [5.74, 6) is 0.135. The lowest BCUT2D eigenvalue weighted by Crippen LogP contribution is -2.33. The number of pyridine rings is 1. The van der Waals surface area contributed by atoms with Crippen molar-refractivity contribution in [2.75, 3.05) is 11.9 Å². The number of hydrogen-bond donors (Lipinski definition) is 2. The minimum absolute atomic E-state index is 0.0908. The zero-order valence-corrected chi connectivity index (χ0v) is 15.3. The summed E-state index contributed by atoms with van der Waals surface area (Å²) in [5.41, 5.74) is 2.46. The van der Waals surface area contributed by atoms with Crippen LogP contribution < -0.4 is 15.4 Å². The summed E-state index contributed by atoms with van der Waals surface area (Å²) in [6, 6.07) is 20.3. The molecular formula is C22H21N3O3. The van der Waals surface area contributed by atoms with E-state index in [-0.39, 0.29) is 24.8 Å². The van der Waals surface area contributed by atoms with Gasteiger partial charge < -0.3 is 15.4 Å². The summed E-state index contributed by atoms with van der Waals surface area (Å²) >= 11 is 0. The van der Waals surface area contributed by atoms with Gasteiger partial charge in [-0.3, -0.25) is 14.6 Å². The molecule has 0 fully saturated rings. The van der Waals surface area contributed by atoms with E-state index in [0.29, 0.717) is 18.0 Å². The normalized spacial score (nSPS) is 10.1. The van der Waals surface area contributed by atoms with E-state index in [1.807, 2.05) is 48.5 Å². The molecule has 3 aromatic rings. The van der Waals surface area contributed by atoms with Crippen LogP contribution in [0.4, 0.5) is 5.69 Å². The van der Waals surface area contributed by atoms with Gasteiger partial charge in [0, 0.05) is 29.7 Å². The van der Waals surface area contributed by atoms with Crippen LogP contribution in [0.3, 0.4) is 0 Å². The summed E-state index contributed by atoms with van der Waals surface area (Å²) in [5, 5.41) is 5.38. The Bertz CT molecular complexity index is 915. The van der Waals surface area contributed by atoms with E-state index < -0.39 is 0 Å². The van der Waals surface area contributed by atoms with E-state index in [1.54, 1.807) is 30.6 Å². The quantitative estimate of drug-likeness (QED) is 0.634. The molecule has 0 radical (unpaired) electrons. The molecule has 3 rings (SSSR count). The molecule has 0 unspecified atom stereocenters. The highest BCUT2D eigenvalue weighted by molar-refractivity contribution is 5.94. The average Bonchev–Trinajstić information content (AvgIpc) is 2.73. The van der Waals surface area contributed by atoms with E-state index in [0.717, 1.165) is 11.1 Å². The van der Waals surface area contributed by atoms with Gasteiger partial charge in [-0.15, -0.1) is 0 Å². The number of nitrogens with zero attached hydrogens (tertiary/aromatic N) is 1. The largest absolute Gasteiger partial charge is 0.489 e. The van der Waals surface area contributed by atoms with Crippen molar-refractivity contribution in [1.82, 2.24) is 10.3 Å². The molecule has 1 heterocycles. The fourth-order valence-corrected chi connectivity index (χ4v) is 2.54. The van der Waals surface area contributed by atoms with Crippen molar-refractivity contribution < 1.29 is 14.3 Å². The molecule has 0 aliphatic carbocycles. The number of aromatic nitrogens is 1. The van der Waals surface area contributed by atoms with E-state index in [9.17, 15) is 9.59 Å². The van der Waals surface area contributed by atoms with Gasteiger partial charge in [-0.1, -0.05) is 42.5 Å². The van der Waals surface area contributed by atoms with Crippen molar-refractivity contribution in [2.24, 2.45) is 0 Å². The van der Waals surface area contributed by atoms with Gasteiger partial charge in [-0.25, -0.2) is 0 Å². The van der Waals surface area contributed by atoms with Crippen molar-refractivity contribution >= 4 is 17.5 Å². The molecule has 28 heavy (non-hydrogen) atoms. The molecule has 0 spiro atoms. The number of carbonyl (C=O) groups excluding carboxylic acids is 2. The third-order valence-corrected chi connectivity index (χ3v) is 3.90. The Hall–Kier alpha value is -3.67. The van der Waals surface area contributed by atoms with Crippen molar-refractivity contribution in [1.29, 1.82) is 0 Å². The first-order valence-corrected chi connectivity index (χ1v) is 8.91. The maximum absolute atomic E-state index is 12.1. The van der Waals surface area contributed by atoms with Crippen LogP contribution in [-0.2, 0) is 22.6 Å². The van der Waals surface area contributed by atoms with Crippen LogP contribution in [0.25, 0.3) is 0 Å². The molecule has 2 amide bonds. The SMILES string of the molecule is O=C(Cc1ccccc1)NCC(=O)Nc1cccc(OCc2cccnc2)c1. The molecule has 2 aromatic carbocycles. The van der Waals surface area contributed by atoms with Crippen molar-refractivity contribution in [3.8, 4) is 5.75 Å². The second-order valence-electron chi connectivity index (χ2n) is 6.17. The monoisotopic (exact) mass is 375 g/mol. The van der Waals surface area contributed by atoms with E-state index in [1.165, 1.54) is 0 Å². The average molecular weight is 375 g/mol. The van der Waals surface area contributed by atoms with Crippen LogP contribution in [0.2, 0.25) is 0 Å². The highest BCUT2D eigenvalue weighted by atomic mass is 16.5. The number of benzene rings is 2. The maximum Gasteiger partial charge on any atom is 0.243 e. The first-order valence-electron chi connectivity index (χ1n) is 8.91. The molecule has 6 heteroatoms. The number of ether oxygens (including phenoxy) is 1. The molecule has 0 atom stereocenters. The van der Waals surface area contributed by atoms with Gasteiger partial charge in [0.25, 0.3) is 0 Å². The molecule has 0 saturated carbocycles. The molecular weight excluding hydrogens is 354 g/mol. The Kier molecular flexibility index (Phi) is 6.73. The van der Waals surface area contributed by atoms with Crippen LogP contribution >= 0.6 is 0 Å². The van der Waals surface area contributed by atoms with Gasteiger partial charge in [-0.05, 0) is 23.8 Å². The number of nitrogens with one attached hydrogen (secondary N) is 2. The van der Waals surface area contributed by atoms with E-state index in [2.05, 4.69) is 15.6 Å². The molecule has 1 aromatic heterocycles. The summed E-state index contributed by atoms with van der Waals surface area (Å²) in [6.45, 7) is 0.299. The maximum atomic E-state index is 12.1. The molecule has 6 nitrogen and oxygen atoms in total. The Morgan fingerprint density at radius 1 is 0.893 bits per heavy atom. The van der Waals surface area contributed by atoms with Gasteiger partial charge in [0.2, 0.25) is 11.8 Å². The van der Waals surface area contributed by atoms with Crippen molar-refractivity contribution in [3.63, 3.8) is 0 Å². The number of amides is 2. The summed E-state index contributed by atoms with van der Waals surface area (Å²) in [6.07, 6.45) is 3.69. The number of rotatable bonds is 8. The first kappa shape index (κ1) is 19.1. The first-order chi connectivity index (χ1) is 13.7. The van der Waals surface area contributed by atoms with Crippen molar-refractivity contribution in [2.45, 2.75) is 13.0 Å². The summed E-state index contributed by atoms with van der Waals surface area (Å²) in [7, 11) is 0. The zero-order chi connectivity index (χ0) is 19.6. The molecule has 142 valence electrons. The minimum atomic E-state index is -0.300. The van der Waals surface area contributed by atoms with Crippen LogP contribution in [0.5, 0.6) is 5.75 Å². The second-order valence-corrected chi connectivity index (χ2v) is 6.17. The number of carbonyl (C=O) groups is 2. The zero-order valence-electron chi connectivity index (χ0n) is 15.3. The standard InChI is InChI=1S/C22H21N3O3/c26-21(12-17-6-2-1-3-7-17)24-15-22(27)25-19-9-4-10-20(13-19)28-16-18-8-5-11-23-14-18/h1-11,13-14H,12,15-16H2,(H,24,26)(H,25,27). The van der Waals surface area contributed by atoms with Crippen LogP contribution in [0.15, 0.2) is 79.1 Å². The summed E-state index contributed by atoms with van der Waals surface area (Å²) < 4.78 is 5.72. The third-order valence-electron chi connectivity index (χ3n) is 3.90. The highest BCUT2D eigenvalue weighted by Gasteiger charge is 2.07. The fourth-order valence-electron chi connectivity index (χ4n) is 2.54. The van der Waals surface area contributed by atoms with Crippen molar-refractivity contribution in [3.05, 3.63) is 90.3 Å². The second kappa shape index (κ2) is 9.87. The number of anilines is 1. The number of hydrogen-bond acceptors (Lipinski definition) is 4. The Morgan fingerprint density at radius 3 is 2.50 bits per heavy atom. The van der Waals surface area contributed by atoms with Crippen LogP contribution in [0, 0.1) is 0 Å². The molecule has 0 aliphatic rings. The molecule has 0 bridgehead atoms. The smallest absolute Gasteiger partial charge is 0.243 e. The summed E-state index contributed by atoms with van der Waals surface area (Å²) in [4.78, 5) is 28.1. The predicted molar refractivity (Wildman–Crippen MR) is 107 cm³/mol. The molecule has 2 N–H and O–H groups in total. The van der Waals surface area contributed by atoms with Gasteiger partial charge in [0.05, 0.1) is 13.0 Å². The van der Waals surface area contributed by atoms with Crippen LogP contribution in [-0.4, -0.2) is 23.3 Å². The Balaban J connectivity index is 1.45. The molecule has 0 aliphatic heterocycles. The van der Waals surface area contributed by atoms with Gasteiger partial charge >= 0.3 is 0 Å². The Labute approximate surface area is 163 Å². The lowest BCUT2D eigenvalue weighted by molar-refractivity contribution is -0.123. The minimum Gasteiger partial charge on any atom is -0.489 e. The lowest BCUT2D eigenvalue weighted by atomic mass is 10.1.